The second-order valence-corrected chi connectivity index (χ2v) is 2.42. The minimum atomic E-state index is 0. The summed E-state index contributed by atoms with van der Waals surface area (Å²) in [5, 5.41) is 0. The Kier molecular flexibility index (Phi) is 4.73. The second-order valence-electron chi connectivity index (χ2n) is 2.42. The molecule has 53 valence electrons. The van der Waals surface area contributed by atoms with E-state index in [1.807, 2.05) is 0 Å². The fourth-order valence-electron chi connectivity index (χ4n) is 1.03. The maximum absolute atomic E-state index is 3.95. The third-order valence-electron chi connectivity index (χ3n) is 1.49. The molecule has 2 heteroatoms. The normalized spacial score (nSPS) is 30.0. The molecule has 0 bridgehead atoms. The van der Waals surface area contributed by atoms with Gasteiger partial charge in [-0.05, 0) is 20.1 Å². The number of hydrogen-bond donors (Lipinski definition) is 0. The molecule has 8 heavy (non-hydrogen) atoms. The minimum Gasteiger partial charge on any atom is -0.339 e. The van der Waals surface area contributed by atoms with Crippen molar-refractivity contribution in [2.45, 2.75) is 6.42 Å². The zero-order valence-electron chi connectivity index (χ0n) is 5.15. The summed E-state index contributed by atoms with van der Waals surface area (Å²) < 4.78 is 0. The average molecular weight is 263 g/mol. The van der Waals surface area contributed by atoms with Gasteiger partial charge >= 0.3 is 0 Å². The van der Waals surface area contributed by atoms with Crippen LogP contribution in [0, 0.1) is 50.6 Å². The van der Waals surface area contributed by atoms with Crippen molar-refractivity contribution in [2.75, 3.05) is 20.1 Å². The maximum Gasteiger partial charge on any atom is 0 e. The molecule has 1 nitrogen and oxygen atoms in total. The van der Waals surface area contributed by atoms with Crippen LogP contribution in [-0.2, 0) is 0 Å². The molecule has 0 aromatic heterocycles. The van der Waals surface area contributed by atoms with Gasteiger partial charge in [-0.25, -0.2) is 0 Å². The van der Waals surface area contributed by atoms with Gasteiger partial charge in [-0.1, -0.05) is 6.42 Å². The first kappa shape index (κ1) is 9.22. The van der Waals surface area contributed by atoms with Crippen LogP contribution in [0.4, 0.5) is 0 Å². The maximum atomic E-state index is 3.95. The molecule has 1 heterocycles. The number of nitrogens with zero attached hydrogens (tertiary/aromatic N) is 1. The summed E-state index contributed by atoms with van der Waals surface area (Å²) in [5.74, 6) is 0.699. The van der Waals surface area contributed by atoms with E-state index in [4.69, 9.17) is 0 Å². The fraction of sp³-hybridized carbons (Fsp3) is 0.833. The van der Waals surface area contributed by atoms with Crippen molar-refractivity contribution in [3.05, 3.63) is 6.92 Å². The van der Waals surface area contributed by atoms with Crippen molar-refractivity contribution in [1.29, 1.82) is 0 Å². The zero-order chi connectivity index (χ0) is 5.28. The topological polar surface area (TPSA) is 3.24 Å². The van der Waals surface area contributed by atoms with Crippen molar-refractivity contribution in [1.82, 2.24) is 4.90 Å². The van der Waals surface area contributed by atoms with E-state index in [1.54, 1.807) is 0 Å². The SMILES string of the molecule is [CH2-]C1CCN(C)C1.[Ho]. The van der Waals surface area contributed by atoms with Crippen LogP contribution < -0.4 is 0 Å². The summed E-state index contributed by atoms with van der Waals surface area (Å²) in [7, 11) is 2.14. The number of hydrogen-bond acceptors (Lipinski definition) is 1. The Labute approximate surface area is 81.4 Å². The van der Waals surface area contributed by atoms with Crippen LogP contribution in [0.25, 0.3) is 0 Å². The van der Waals surface area contributed by atoms with Gasteiger partial charge in [-0.2, -0.15) is 5.92 Å². The molecule has 1 aliphatic rings. The summed E-state index contributed by atoms with van der Waals surface area (Å²) in [5.41, 5.74) is 0. The van der Waals surface area contributed by atoms with Crippen molar-refractivity contribution >= 4 is 0 Å². The van der Waals surface area contributed by atoms with Crippen LogP contribution in [0.3, 0.4) is 0 Å². The predicted molar refractivity (Wildman–Crippen MR) is 31.0 cm³/mol. The summed E-state index contributed by atoms with van der Waals surface area (Å²) in [6.45, 7) is 6.38. The molecule has 0 aromatic rings. The van der Waals surface area contributed by atoms with Crippen molar-refractivity contribution in [3.8, 4) is 0 Å². The third kappa shape index (κ3) is 2.67. The van der Waals surface area contributed by atoms with Crippen LogP contribution in [-0.4, -0.2) is 25.0 Å². The van der Waals surface area contributed by atoms with Crippen LogP contribution >= 0.6 is 0 Å². The van der Waals surface area contributed by atoms with Gasteiger partial charge in [0.1, 0.15) is 0 Å². The Morgan fingerprint density at radius 3 is 2.38 bits per heavy atom. The van der Waals surface area contributed by atoms with Crippen molar-refractivity contribution < 1.29 is 37.7 Å². The molecule has 1 rings (SSSR count). The molecule has 1 saturated heterocycles. The van der Waals surface area contributed by atoms with E-state index in [2.05, 4.69) is 18.9 Å². The van der Waals surface area contributed by atoms with E-state index < -0.39 is 0 Å². The Morgan fingerprint density at radius 2 is 2.25 bits per heavy atom. The van der Waals surface area contributed by atoms with Gasteiger partial charge in [0.05, 0.1) is 0 Å². The second kappa shape index (κ2) is 4.10. The van der Waals surface area contributed by atoms with E-state index in [1.165, 1.54) is 19.5 Å². The van der Waals surface area contributed by atoms with Crippen LogP contribution in [0.15, 0.2) is 0 Å². The summed E-state index contributed by atoms with van der Waals surface area (Å²) in [6.07, 6.45) is 1.29. The van der Waals surface area contributed by atoms with Gasteiger partial charge in [0, 0.05) is 37.7 Å². The van der Waals surface area contributed by atoms with Crippen LogP contribution in [0.1, 0.15) is 6.42 Å². The molecule has 1 atom stereocenters. The first-order valence-corrected chi connectivity index (χ1v) is 2.80. The molecule has 0 saturated carbocycles. The zero-order valence-corrected chi connectivity index (χ0v) is 7.09. The van der Waals surface area contributed by atoms with Gasteiger partial charge < -0.3 is 11.8 Å². The van der Waals surface area contributed by atoms with E-state index in [-0.39, 0.29) is 37.7 Å². The van der Waals surface area contributed by atoms with E-state index in [0.29, 0.717) is 5.92 Å². The Hall–Kier alpha value is 1.22. The molecular formula is C6H12HoN-. The van der Waals surface area contributed by atoms with Gasteiger partial charge in [-0.3, -0.25) is 0 Å². The fourth-order valence-corrected chi connectivity index (χ4v) is 1.03. The summed E-state index contributed by atoms with van der Waals surface area (Å²) in [6, 6.07) is 0. The number of rotatable bonds is 0. The van der Waals surface area contributed by atoms with Gasteiger partial charge in [-0.15, -0.1) is 0 Å². The van der Waals surface area contributed by atoms with Crippen LogP contribution in [0.2, 0.25) is 0 Å². The van der Waals surface area contributed by atoms with E-state index in [0.717, 1.165) is 0 Å². The molecule has 0 aliphatic carbocycles. The Morgan fingerprint density at radius 1 is 1.62 bits per heavy atom. The minimum absolute atomic E-state index is 0. The Bertz CT molecular complexity index is 57.5. The third-order valence-corrected chi connectivity index (χ3v) is 1.49. The van der Waals surface area contributed by atoms with Crippen molar-refractivity contribution in [2.24, 2.45) is 5.92 Å². The molecule has 0 amide bonds. The van der Waals surface area contributed by atoms with E-state index in [9.17, 15) is 0 Å². The smallest absolute Gasteiger partial charge is 0 e. The molecule has 1 aliphatic heterocycles. The standard InChI is InChI=1S/C6H12N.Ho/c1-6-3-4-7(2)5-6;/h6H,1,3-5H2,2H3;/q-1;. The molecule has 1 radical (unpaired) electrons. The van der Waals surface area contributed by atoms with E-state index >= 15 is 0 Å². The van der Waals surface area contributed by atoms with Gasteiger partial charge in [0.15, 0.2) is 0 Å². The molecule has 1 fully saturated rings. The molecule has 0 aromatic carbocycles. The van der Waals surface area contributed by atoms with Crippen LogP contribution in [0.5, 0.6) is 0 Å². The number of likely N-dealkylation sites (tertiary alicyclic amines) is 1. The Balaban J connectivity index is 0.000000490. The quantitative estimate of drug-likeness (QED) is 0.461. The summed E-state index contributed by atoms with van der Waals surface area (Å²) in [4.78, 5) is 2.32. The average Bonchev–Trinajstić information content (AvgIpc) is 1.87. The molecule has 0 N–H and O–H groups in total. The molecular weight excluding hydrogens is 251 g/mol. The molecule has 0 spiro atoms. The summed E-state index contributed by atoms with van der Waals surface area (Å²) >= 11 is 0. The van der Waals surface area contributed by atoms with Gasteiger partial charge in [0.2, 0.25) is 0 Å². The predicted octanol–water partition coefficient (Wildman–Crippen LogP) is 0.772. The molecule has 1 unspecified atom stereocenters. The first-order valence-electron chi connectivity index (χ1n) is 2.80. The van der Waals surface area contributed by atoms with Crippen molar-refractivity contribution in [3.63, 3.8) is 0 Å². The first-order chi connectivity index (χ1) is 3.29. The monoisotopic (exact) mass is 263 g/mol. The van der Waals surface area contributed by atoms with Gasteiger partial charge in [0.25, 0.3) is 0 Å². The largest absolute Gasteiger partial charge is 0.339 e.